The second-order valence-electron chi connectivity index (χ2n) is 5.11. The molecule has 1 saturated heterocycles. The predicted molar refractivity (Wildman–Crippen MR) is 82.2 cm³/mol. The van der Waals surface area contributed by atoms with Crippen molar-refractivity contribution in [3.05, 3.63) is 36.4 Å². The Morgan fingerprint density at radius 3 is 3.00 bits per heavy atom. The van der Waals surface area contributed by atoms with E-state index in [2.05, 4.69) is 15.6 Å². The van der Waals surface area contributed by atoms with E-state index < -0.39 is 0 Å². The normalized spacial score (nSPS) is 17.8. The zero-order chi connectivity index (χ0) is 14.5. The molecular formula is C16H19N3O2. The van der Waals surface area contributed by atoms with Gasteiger partial charge in [-0.05, 0) is 31.0 Å². The van der Waals surface area contributed by atoms with Gasteiger partial charge in [0.15, 0.2) is 0 Å². The lowest BCUT2D eigenvalue weighted by molar-refractivity contribution is -0.129. The number of ether oxygens (including phenoxy) is 1. The van der Waals surface area contributed by atoms with Gasteiger partial charge in [-0.3, -0.25) is 4.79 Å². The van der Waals surface area contributed by atoms with Crippen molar-refractivity contribution in [2.75, 3.05) is 25.0 Å². The largest absolute Gasteiger partial charge is 0.368 e. The monoisotopic (exact) mass is 285 g/mol. The smallest absolute Gasteiger partial charge is 0.249 e. The van der Waals surface area contributed by atoms with Gasteiger partial charge in [0.25, 0.3) is 0 Å². The Morgan fingerprint density at radius 2 is 2.14 bits per heavy atom. The van der Waals surface area contributed by atoms with E-state index in [0.29, 0.717) is 19.7 Å². The Kier molecular flexibility index (Phi) is 4.31. The minimum atomic E-state index is -0.260. The number of benzene rings is 1. The highest BCUT2D eigenvalue weighted by molar-refractivity contribution is 5.81. The van der Waals surface area contributed by atoms with Crippen LogP contribution in [0, 0.1) is 0 Å². The first-order chi connectivity index (χ1) is 10.3. The second-order valence-corrected chi connectivity index (χ2v) is 5.11. The second kappa shape index (κ2) is 6.54. The molecular weight excluding hydrogens is 266 g/mol. The quantitative estimate of drug-likeness (QED) is 0.824. The fourth-order valence-electron chi connectivity index (χ4n) is 2.44. The van der Waals surface area contributed by atoms with Crippen LogP contribution < -0.4 is 10.6 Å². The molecule has 1 unspecified atom stereocenters. The van der Waals surface area contributed by atoms with Gasteiger partial charge in [0, 0.05) is 25.1 Å². The summed E-state index contributed by atoms with van der Waals surface area (Å²) < 4.78 is 5.33. The summed E-state index contributed by atoms with van der Waals surface area (Å²) in [6, 6.07) is 12.0. The Bertz CT molecular complexity index is 624. The maximum atomic E-state index is 11.8. The van der Waals surface area contributed by atoms with E-state index in [-0.39, 0.29) is 12.0 Å². The van der Waals surface area contributed by atoms with E-state index in [9.17, 15) is 4.79 Å². The summed E-state index contributed by atoms with van der Waals surface area (Å²) >= 11 is 0. The number of nitrogens with one attached hydrogen (secondary N) is 2. The molecule has 1 aliphatic heterocycles. The first-order valence-corrected chi connectivity index (χ1v) is 7.32. The number of nitrogens with zero attached hydrogens (tertiary/aromatic N) is 1. The van der Waals surface area contributed by atoms with Gasteiger partial charge in [-0.1, -0.05) is 18.2 Å². The molecule has 0 radical (unpaired) electrons. The van der Waals surface area contributed by atoms with Gasteiger partial charge in [-0.15, -0.1) is 0 Å². The van der Waals surface area contributed by atoms with Crippen LogP contribution >= 0.6 is 0 Å². The molecule has 5 heteroatoms. The molecule has 110 valence electrons. The third-order valence-electron chi connectivity index (χ3n) is 3.55. The Morgan fingerprint density at radius 1 is 1.24 bits per heavy atom. The average Bonchev–Trinajstić information content (AvgIpc) is 3.06. The van der Waals surface area contributed by atoms with Gasteiger partial charge in [0.1, 0.15) is 11.9 Å². The molecule has 0 spiro atoms. The lowest BCUT2D eigenvalue weighted by Crippen LogP contribution is -2.36. The molecule has 0 bridgehead atoms. The zero-order valence-corrected chi connectivity index (χ0v) is 11.8. The summed E-state index contributed by atoms with van der Waals surface area (Å²) in [7, 11) is 0. The highest BCUT2D eigenvalue weighted by Gasteiger charge is 2.22. The van der Waals surface area contributed by atoms with Gasteiger partial charge in [-0.2, -0.15) is 0 Å². The van der Waals surface area contributed by atoms with Gasteiger partial charge >= 0.3 is 0 Å². The van der Waals surface area contributed by atoms with Crippen molar-refractivity contribution in [1.29, 1.82) is 0 Å². The highest BCUT2D eigenvalue weighted by Crippen LogP contribution is 2.14. The molecule has 3 rings (SSSR count). The number of pyridine rings is 1. The molecule has 2 heterocycles. The standard InChI is InChI=1S/C16H19N3O2/c20-16(14-6-3-11-21-14)18-10-9-17-15-8-7-12-4-1-2-5-13(12)19-15/h1-2,4-5,7-8,14H,3,6,9-11H2,(H,17,19)(H,18,20). The molecule has 1 aromatic carbocycles. The number of hydrogen-bond acceptors (Lipinski definition) is 4. The van der Waals surface area contributed by atoms with Crippen LogP contribution in [0.5, 0.6) is 0 Å². The number of carbonyl (C=O) groups excluding carboxylic acids is 1. The molecule has 1 amide bonds. The molecule has 21 heavy (non-hydrogen) atoms. The van der Waals surface area contributed by atoms with Crippen molar-refractivity contribution >= 4 is 22.6 Å². The molecule has 1 aliphatic rings. The van der Waals surface area contributed by atoms with Gasteiger partial charge < -0.3 is 15.4 Å². The first-order valence-electron chi connectivity index (χ1n) is 7.32. The Labute approximate surface area is 123 Å². The molecule has 1 atom stereocenters. The fraction of sp³-hybridized carbons (Fsp3) is 0.375. The van der Waals surface area contributed by atoms with Crippen LogP contribution in [-0.4, -0.2) is 36.7 Å². The van der Waals surface area contributed by atoms with Gasteiger partial charge in [0.05, 0.1) is 5.52 Å². The maximum absolute atomic E-state index is 11.8. The van der Waals surface area contributed by atoms with E-state index in [4.69, 9.17) is 4.74 Å². The number of fused-ring (bicyclic) bond motifs is 1. The summed E-state index contributed by atoms with van der Waals surface area (Å²) in [5.74, 6) is 0.806. The van der Waals surface area contributed by atoms with Gasteiger partial charge in [-0.25, -0.2) is 4.98 Å². The number of rotatable bonds is 5. The third kappa shape index (κ3) is 3.49. The number of carbonyl (C=O) groups is 1. The van der Waals surface area contributed by atoms with Gasteiger partial charge in [0.2, 0.25) is 5.91 Å². The van der Waals surface area contributed by atoms with Crippen molar-refractivity contribution in [2.45, 2.75) is 18.9 Å². The maximum Gasteiger partial charge on any atom is 0.249 e. The van der Waals surface area contributed by atoms with Crippen molar-refractivity contribution < 1.29 is 9.53 Å². The summed E-state index contributed by atoms with van der Waals surface area (Å²) in [6.07, 6.45) is 1.53. The fourth-order valence-corrected chi connectivity index (χ4v) is 2.44. The van der Waals surface area contributed by atoms with E-state index in [1.807, 2.05) is 36.4 Å². The Balaban J connectivity index is 1.46. The first kappa shape index (κ1) is 13.8. The van der Waals surface area contributed by atoms with E-state index in [1.165, 1.54) is 0 Å². The predicted octanol–water partition coefficient (Wildman–Crippen LogP) is 1.94. The van der Waals surface area contributed by atoms with Crippen LogP contribution in [0.3, 0.4) is 0 Å². The van der Waals surface area contributed by atoms with Crippen molar-refractivity contribution in [3.8, 4) is 0 Å². The van der Waals surface area contributed by atoms with E-state index in [1.54, 1.807) is 0 Å². The van der Waals surface area contributed by atoms with E-state index in [0.717, 1.165) is 29.6 Å². The van der Waals surface area contributed by atoms with Crippen LogP contribution in [0.25, 0.3) is 10.9 Å². The number of anilines is 1. The van der Waals surface area contributed by atoms with Crippen LogP contribution in [0.4, 0.5) is 5.82 Å². The summed E-state index contributed by atoms with van der Waals surface area (Å²) in [6.45, 7) is 1.90. The minimum Gasteiger partial charge on any atom is -0.368 e. The Hall–Kier alpha value is -2.14. The number of hydrogen-bond donors (Lipinski definition) is 2. The minimum absolute atomic E-state index is 0.0132. The lowest BCUT2D eigenvalue weighted by atomic mass is 10.2. The molecule has 2 N–H and O–H groups in total. The molecule has 1 fully saturated rings. The van der Waals surface area contributed by atoms with Crippen LogP contribution in [-0.2, 0) is 9.53 Å². The molecule has 2 aromatic rings. The lowest BCUT2D eigenvalue weighted by Gasteiger charge is -2.11. The highest BCUT2D eigenvalue weighted by atomic mass is 16.5. The zero-order valence-electron chi connectivity index (χ0n) is 11.8. The molecule has 0 saturated carbocycles. The SMILES string of the molecule is O=C(NCCNc1ccc2ccccc2n1)C1CCCO1. The summed E-state index contributed by atoms with van der Waals surface area (Å²) in [4.78, 5) is 16.3. The third-order valence-corrected chi connectivity index (χ3v) is 3.55. The molecule has 1 aromatic heterocycles. The average molecular weight is 285 g/mol. The van der Waals surface area contributed by atoms with Crippen LogP contribution in [0.2, 0.25) is 0 Å². The number of para-hydroxylation sites is 1. The van der Waals surface area contributed by atoms with Crippen LogP contribution in [0.15, 0.2) is 36.4 Å². The molecule has 0 aliphatic carbocycles. The summed E-state index contributed by atoms with van der Waals surface area (Å²) in [5.41, 5.74) is 0.964. The molecule has 5 nitrogen and oxygen atoms in total. The topological polar surface area (TPSA) is 63.2 Å². The van der Waals surface area contributed by atoms with Crippen molar-refractivity contribution in [2.24, 2.45) is 0 Å². The number of aromatic nitrogens is 1. The van der Waals surface area contributed by atoms with E-state index >= 15 is 0 Å². The van der Waals surface area contributed by atoms with Crippen LogP contribution in [0.1, 0.15) is 12.8 Å². The van der Waals surface area contributed by atoms with Crippen molar-refractivity contribution in [1.82, 2.24) is 10.3 Å². The van der Waals surface area contributed by atoms with Crippen molar-refractivity contribution in [3.63, 3.8) is 0 Å². The number of amides is 1. The summed E-state index contributed by atoms with van der Waals surface area (Å²) in [5, 5.41) is 7.21.